The van der Waals surface area contributed by atoms with Crippen LogP contribution in [0.25, 0.3) is 82.8 Å². The van der Waals surface area contributed by atoms with E-state index in [2.05, 4.69) is 217 Å². The van der Waals surface area contributed by atoms with Gasteiger partial charge in [0.2, 0.25) is 0 Å². The molecular formula is C57H40N2O. The van der Waals surface area contributed by atoms with Crippen LogP contribution in [0.1, 0.15) is 25.0 Å². The molecule has 2 aromatic heterocycles. The third-order valence-corrected chi connectivity index (χ3v) is 12.8. The minimum Gasteiger partial charge on any atom is -0.456 e. The molecule has 9 aromatic carbocycles. The van der Waals surface area contributed by atoms with Crippen molar-refractivity contribution in [3.63, 3.8) is 0 Å². The fourth-order valence-electron chi connectivity index (χ4n) is 9.78. The summed E-state index contributed by atoms with van der Waals surface area (Å²) in [5, 5.41) is 4.81. The van der Waals surface area contributed by atoms with Crippen molar-refractivity contribution in [3.05, 3.63) is 217 Å². The van der Waals surface area contributed by atoms with Gasteiger partial charge in [0.25, 0.3) is 0 Å². The Morgan fingerprint density at radius 2 is 0.917 bits per heavy atom. The predicted molar refractivity (Wildman–Crippen MR) is 251 cm³/mol. The first-order valence-corrected chi connectivity index (χ1v) is 20.7. The molecule has 2 heterocycles. The Morgan fingerprint density at radius 3 is 1.73 bits per heavy atom. The first kappa shape index (κ1) is 34.4. The summed E-state index contributed by atoms with van der Waals surface area (Å²) in [7, 11) is 0. The molecule has 12 rings (SSSR count). The van der Waals surface area contributed by atoms with Crippen molar-refractivity contribution in [2.45, 2.75) is 19.3 Å². The molecule has 0 radical (unpaired) electrons. The number of hydrogen-bond donors (Lipinski definition) is 0. The van der Waals surface area contributed by atoms with Gasteiger partial charge in [0.05, 0.1) is 11.0 Å². The van der Waals surface area contributed by atoms with E-state index in [-0.39, 0.29) is 5.41 Å². The molecule has 0 aliphatic heterocycles. The van der Waals surface area contributed by atoms with Gasteiger partial charge in [-0.1, -0.05) is 129 Å². The van der Waals surface area contributed by atoms with Crippen LogP contribution in [0.2, 0.25) is 0 Å². The lowest BCUT2D eigenvalue weighted by molar-refractivity contribution is 0.660. The Labute approximate surface area is 349 Å². The largest absolute Gasteiger partial charge is 0.456 e. The van der Waals surface area contributed by atoms with Gasteiger partial charge in [-0.05, 0) is 136 Å². The number of anilines is 3. The van der Waals surface area contributed by atoms with Crippen molar-refractivity contribution >= 4 is 60.8 Å². The summed E-state index contributed by atoms with van der Waals surface area (Å²) in [5.74, 6) is 0. The molecule has 0 amide bonds. The van der Waals surface area contributed by atoms with Crippen molar-refractivity contribution in [1.29, 1.82) is 0 Å². The van der Waals surface area contributed by atoms with E-state index in [0.29, 0.717) is 0 Å². The summed E-state index contributed by atoms with van der Waals surface area (Å²) in [6.07, 6.45) is 0. The maximum Gasteiger partial charge on any atom is 0.135 e. The highest BCUT2D eigenvalue weighted by Gasteiger charge is 2.36. The standard InChI is InChI=1S/C57H40N2O/c1-57(2)51-35-40(39-24-31-54-49(33-39)47-17-9-11-19-53(47)59(54)42-15-7-4-8-16-42)23-29-45(51)46-30-28-44(36-52(46)57)58(41-13-5-3-6-14-41)43-26-21-37(22-27-43)38-25-32-56-50(34-38)48-18-10-12-20-55(48)60-56/h3-36H,1-2H3. The van der Waals surface area contributed by atoms with E-state index >= 15 is 0 Å². The predicted octanol–water partition coefficient (Wildman–Crippen LogP) is 15.8. The van der Waals surface area contributed by atoms with Gasteiger partial charge in [-0.15, -0.1) is 0 Å². The molecule has 0 fully saturated rings. The summed E-state index contributed by atoms with van der Waals surface area (Å²) in [4.78, 5) is 2.38. The highest BCUT2D eigenvalue weighted by Crippen LogP contribution is 2.52. The lowest BCUT2D eigenvalue weighted by Crippen LogP contribution is -2.16. The highest BCUT2D eigenvalue weighted by atomic mass is 16.3. The van der Waals surface area contributed by atoms with Crippen molar-refractivity contribution in [2.24, 2.45) is 0 Å². The second kappa shape index (κ2) is 13.2. The zero-order valence-electron chi connectivity index (χ0n) is 33.4. The molecule has 0 N–H and O–H groups in total. The Bertz CT molecular complexity index is 3450. The van der Waals surface area contributed by atoms with E-state index in [0.717, 1.165) is 39.0 Å². The second-order valence-corrected chi connectivity index (χ2v) is 16.6. The molecule has 0 atom stereocenters. The van der Waals surface area contributed by atoms with E-state index in [9.17, 15) is 0 Å². The number of furan rings is 1. The highest BCUT2D eigenvalue weighted by molar-refractivity contribution is 6.10. The Kier molecular flexibility index (Phi) is 7.58. The molecule has 11 aromatic rings. The lowest BCUT2D eigenvalue weighted by atomic mass is 9.81. The van der Waals surface area contributed by atoms with Crippen molar-refractivity contribution in [1.82, 2.24) is 4.57 Å². The molecule has 284 valence electrons. The first-order chi connectivity index (χ1) is 29.5. The Morgan fingerprint density at radius 1 is 0.383 bits per heavy atom. The molecular weight excluding hydrogens is 729 g/mol. The molecule has 1 aliphatic rings. The van der Waals surface area contributed by atoms with Gasteiger partial charge < -0.3 is 13.9 Å². The third kappa shape index (κ3) is 5.29. The molecule has 0 unspecified atom stereocenters. The van der Waals surface area contributed by atoms with Crippen molar-refractivity contribution < 1.29 is 4.42 Å². The zero-order chi connectivity index (χ0) is 40.0. The van der Waals surface area contributed by atoms with E-state index in [1.807, 2.05) is 12.1 Å². The van der Waals surface area contributed by atoms with Crippen LogP contribution in [-0.2, 0) is 5.41 Å². The van der Waals surface area contributed by atoms with Gasteiger partial charge in [0, 0.05) is 49.7 Å². The van der Waals surface area contributed by atoms with Gasteiger partial charge in [-0.2, -0.15) is 0 Å². The maximum absolute atomic E-state index is 6.12. The minimum absolute atomic E-state index is 0.202. The van der Waals surface area contributed by atoms with Crippen LogP contribution in [0.4, 0.5) is 17.1 Å². The quantitative estimate of drug-likeness (QED) is 0.168. The molecule has 60 heavy (non-hydrogen) atoms. The Hall–Kier alpha value is -7.62. The fraction of sp³-hybridized carbons (Fsp3) is 0.0526. The average Bonchev–Trinajstić information content (AvgIpc) is 3.92. The molecule has 0 saturated heterocycles. The zero-order valence-corrected chi connectivity index (χ0v) is 33.4. The van der Waals surface area contributed by atoms with Crippen LogP contribution in [0, 0.1) is 0 Å². The molecule has 0 bridgehead atoms. The van der Waals surface area contributed by atoms with Gasteiger partial charge in [-0.25, -0.2) is 0 Å². The maximum atomic E-state index is 6.12. The normalized spacial score (nSPS) is 13.0. The van der Waals surface area contributed by atoms with Crippen LogP contribution in [0.3, 0.4) is 0 Å². The minimum atomic E-state index is -0.202. The average molecular weight is 769 g/mol. The first-order valence-electron chi connectivity index (χ1n) is 20.7. The number of nitrogens with zero attached hydrogens (tertiary/aromatic N) is 2. The number of para-hydroxylation sites is 4. The van der Waals surface area contributed by atoms with Crippen molar-refractivity contribution in [2.75, 3.05) is 4.90 Å². The molecule has 1 aliphatic carbocycles. The topological polar surface area (TPSA) is 21.3 Å². The lowest BCUT2D eigenvalue weighted by Gasteiger charge is -2.28. The van der Waals surface area contributed by atoms with Crippen LogP contribution in [-0.4, -0.2) is 4.57 Å². The molecule has 0 saturated carbocycles. The van der Waals surface area contributed by atoms with Crippen LogP contribution in [0.5, 0.6) is 0 Å². The number of fused-ring (bicyclic) bond motifs is 9. The number of aromatic nitrogens is 1. The van der Waals surface area contributed by atoms with E-state index in [4.69, 9.17) is 4.42 Å². The summed E-state index contributed by atoms with van der Waals surface area (Å²) in [5.41, 5.74) is 18.7. The van der Waals surface area contributed by atoms with E-state index in [1.54, 1.807) is 0 Å². The van der Waals surface area contributed by atoms with Crippen LogP contribution in [0.15, 0.2) is 211 Å². The number of hydrogen-bond acceptors (Lipinski definition) is 2. The number of benzene rings is 9. The van der Waals surface area contributed by atoms with E-state index < -0.39 is 0 Å². The molecule has 3 heteroatoms. The monoisotopic (exact) mass is 768 g/mol. The van der Waals surface area contributed by atoms with Gasteiger partial charge in [0.1, 0.15) is 11.2 Å². The van der Waals surface area contributed by atoms with Crippen LogP contribution < -0.4 is 4.90 Å². The fourth-order valence-corrected chi connectivity index (χ4v) is 9.78. The van der Waals surface area contributed by atoms with Crippen molar-refractivity contribution in [3.8, 4) is 39.1 Å². The molecule has 3 nitrogen and oxygen atoms in total. The van der Waals surface area contributed by atoms with Gasteiger partial charge in [0.15, 0.2) is 0 Å². The van der Waals surface area contributed by atoms with E-state index in [1.165, 1.54) is 72.0 Å². The second-order valence-electron chi connectivity index (χ2n) is 16.6. The van der Waals surface area contributed by atoms with Gasteiger partial charge in [-0.3, -0.25) is 0 Å². The summed E-state index contributed by atoms with van der Waals surface area (Å²) in [6, 6.07) is 74.9. The number of rotatable bonds is 6. The van der Waals surface area contributed by atoms with Gasteiger partial charge >= 0.3 is 0 Å². The third-order valence-electron chi connectivity index (χ3n) is 12.8. The SMILES string of the molecule is CC1(C)c2cc(-c3ccc4c(c3)c3ccccc3n4-c3ccccc3)ccc2-c2ccc(N(c3ccccc3)c3ccc(-c4ccc5oc6ccccc6c5c4)cc3)cc21. The summed E-state index contributed by atoms with van der Waals surface area (Å²) in [6.45, 7) is 4.76. The Balaban J connectivity index is 0.908. The smallest absolute Gasteiger partial charge is 0.135 e. The summed E-state index contributed by atoms with van der Waals surface area (Å²) < 4.78 is 8.50. The summed E-state index contributed by atoms with van der Waals surface area (Å²) >= 11 is 0. The van der Waals surface area contributed by atoms with Crippen LogP contribution >= 0.6 is 0 Å². The molecule has 0 spiro atoms.